The molecule has 0 aromatic heterocycles. The Morgan fingerprint density at radius 3 is 2.79 bits per heavy atom. The molecule has 0 atom stereocenters. The van der Waals surface area contributed by atoms with Gasteiger partial charge in [0.2, 0.25) is 0 Å². The summed E-state index contributed by atoms with van der Waals surface area (Å²) in [7, 11) is 1.62. The Labute approximate surface area is 114 Å². The molecule has 104 valence electrons. The number of nitrogens with one attached hydrogen (secondary N) is 1. The van der Waals surface area contributed by atoms with E-state index in [1.165, 1.54) is 0 Å². The molecule has 1 amide bonds. The number of hydrogen-bond donors (Lipinski definition) is 1. The lowest BCUT2D eigenvalue weighted by atomic mass is 10.0. The molecule has 0 aliphatic carbocycles. The van der Waals surface area contributed by atoms with Gasteiger partial charge in [0.05, 0.1) is 12.7 Å². The van der Waals surface area contributed by atoms with Gasteiger partial charge in [0.25, 0.3) is 5.91 Å². The first-order valence-electron chi connectivity index (χ1n) is 6.78. The van der Waals surface area contributed by atoms with E-state index in [9.17, 15) is 4.79 Å². The second-order valence-corrected chi connectivity index (χ2v) is 5.05. The van der Waals surface area contributed by atoms with Crippen LogP contribution in [0.2, 0.25) is 0 Å². The normalized spacial score (nSPS) is 16.1. The fraction of sp³-hybridized carbons (Fsp3) is 0.533. The Balaban J connectivity index is 2.31. The highest BCUT2D eigenvalue weighted by molar-refractivity contribution is 5.98. The number of rotatable bonds is 2. The molecule has 19 heavy (non-hydrogen) atoms. The molecule has 1 fully saturated rings. The Hall–Kier alpha value is -1.55. The minimum atomic E-state index is 0.0815. The third kappa shape index (κ3) is 3.07. The van der Waals surface area contributed by atoms with Gasteiger partial charge in [0, 0.05) is 19.6 Å². The van der Waals surface area contributed by atoms with Crippen molar-refractivity contribution in [3.63, 3.8) is 0 Å². The van der Waals surface area contributed by atoms with Crippen molar-refractivity contribution in [2.45, 2.75) is 20.3 Å². The minimum Gasteiger partial charge on any atom is -0.496 e. The zero-order chi connectivity index (χ0) is 13.8. The number of ether oxygens (including phenoxy) is 1. The van der Waals surface area contributed by atoms with Gasteiger partial charge >= 0.3 is 0 Å². The largest absolute Gasteiger partial charge is 0.496 e. The standard InChI is InChI=1S/C15H22N2O2/c1-11-9-12(2)14(13(10-11)19-3)15(18)17-7-4-5-16-6-8-17/h9-10,16H,4-8H2,1-3H3. The molecule has 4 heteroatoms. The second kappa shape index (κ2) is 6.06. The van der Waals surface area contributed by atoms with Crippen molar-refractivity contribution in [2.24, 2.45) is 0 Å². The summed E-state index contributed by atoms with van der Waals surface area (Å²) in [5.74, 6) is 0.762. The molecule has 4 nitrogen and oxygen atoms in total. The number of benzene rings is 1. The molecule has 1 heterocycles. The number of nitrogens with zero attached hydrogens (tertiary/aromatic N) is 1. The van der Waals surface area contributed by atoms with Crippen LogP contribution < -0.4 is 10.1 Å². The number of hydrogen-bond acceptors (Lipinski definition) is 3. The van der Waals surface area contributed by atoms with Crippen LogP contribution >= 0.6 is 0 Å². The van der Waals surface area contributed by atoms with Crippen LogP contribution in [-0.2, 0) is 0 Å². The van der Waals surface area contributed by atoms with Crippen molar-refractivity contribution < 1.29 is 9.53 Å². The summed E-state index contributed by atoms with van der Waals surface area (Å²) in [5, 5.41) is 3.31. The molecule has 0 radical (unpaired) electrons. The molecular weight excluding hydrogens is 240 g/mol. The summed E-state index contributed by atoms with van der Waals surface area (Å²) in [6.07, 6.45) is 0.999. The summed E-state index contributed by atoms with van der Waals surface area (Å²) in [6, 6.07) is 3.96. The maximum Gasteiger partial charge on any atom is 0.257 e. The number of carbonyl (C=O) groups excluding carboxylic acids is 1. The summed E-state index contributed by atoms with van der Waals surface area (Å²) in [4.78, 5) is 14.6. The Morgan fingerprint density at radius 2 is 2.05 bits per heavy atom. The lowest BCUT2D eigenvalue weighted by Crippen LogP contribution is -2.34. The van der Waals surface area contributed by atoms with E-state index >= 15 is 0 Å². The zero-order valence-corrected chi connectivity index (χ0v) is 12.0. The minimum absolute atomic E-state index is 0.0815. The van der Waals surface area contributed by atoms with Gasteiger partial charge in [0.15, 0.2) is 0 Å². The van der Waals surface area contributed by atoms with Gasteiger partial charge in [-0.15, -0.1) is 0 Å². The summed E-state index contributed by atoms with van der Waals surface area (Å²) < 4.78 is 5.39. The second-order valence-electron chi connectivity index (χ2n) is 5.05. The van der Waals surface area contributed by atoms with Crippen molar-refractivity contribution in [1.82, 2.24) is 10.2 Å². The van der Waals surface area contributed by atoms with E-state index in [2.05, 4.69) is 5.32 Å². The Bertz CT molecular complexity index is 463. The molecule has 1 N–H and O–H groups in total. The lowest BCUT2D eigenvalue weighted by molar-refractivity contribution is 0.0762. The smallest absolute Gasteiger partial charge is 0.257 e. The molecule has 0 unspecified atom stereocenters. The van der Waals surface area contributed by atoms with Crippen LogP contribution in [0.3, 0.4) is 0 Å². The van der Waals surface area contributed by atoms with E-state index < -0.39 is 0 Å². The zero-order valence-electron chi connectivity index (χ0n) is 12.0. The van der Waals surface area contributed by atoms with Crippen molar-refractivity contribution in [1.29, 1.82) is 0 Å². The van der Waals surface area contributed by atoms with Gasteiger partial charge in [-0.1, -0.05) is 6.07 Å². The van der Waals surface area contributed by atoms with E-state index in [1.54, 1.807) is 7.11 Å². The van der Waals surface area contributed by atoms with Gasteiger partial charge < -0.3 is 15.0 Å². The Morgan fingerprint density at radius 1 is 1.26 bits per heavy atom. The van der Waals surface area contributed by atoms with E-state index in [4.69, 9.17) is 4.74 Å². The molecule has 0 saturated carbocycles. The first-order chi connectivity index (χ1) is 9.13. The number of amides is 1. The van der Waals surface area contributed by atoms with Gasteiger partial charge in [-0.25, -0.2) is 0 Å². The molecule has 1 aromatic rings. The third-order valence-electron chi connectivity index (χ3n) is 3.50. The third-order valence-corrected chi connectivity index (χ3v) is 3.50. The molecule has 2 rings (SSSR count). The molecule has 1 aromatic carbocycles. The predicted molar refractivity (Wildman–Crippen MR) is 75.9 cm³/mol. The van der Waals surface area contributed by atoms with Crippen LogP contribution in [0.1, 0.15) is 27.9 Å². The van der Waals surface area contributed by atoms with Crippen molar-refractivity contribution in [2.75, 3.05) is 33.3 Å². The van der Waals surface area contributed by atoms with Crippen LogP contribution in [-0.4, -0.2) is 44.1 Å². The number of carbonyl (C=O) groups is 1. The topological polar surface area (TPSA) is 41.6 Å². The average Bonchev–Trinajstić information content (AvgIpc) is 2.65. The summed E-state index contributed by atoms with van der Waals surface area (Å²) in [6.45, 7) is 7.39. The first-order valence-corrected chi connectivity index (χ1v) is 6.78. The SMILES string of the molecule is COc1cc(C)cc(C)c1C(=O)N1CCCNCC1. The molecule has 1 saturated heterocycles. The van der Waals surface area contributed by atoms with E-state index in [0.717, 1.165) is 43.7 Å². The fourth-order valence-corrected chi connectivity index (χ4v) is 2.57. The van der Waals surface area contributed by atoms with Gasteiger partial charge in [-0.2, -0.15) is 0 Å². The van der Waals surface area contributed by atoms with Crippen molar-refractivity contribution in [3.8, 4) is 5.75 Å². The molecular formula is C15H22N2O2. The maximum absolute atomic E-state index is 12.7. The monoisotopic (exact) mass is 262 g/mol. The van der Waals surface area contributed by atoms with Crippen LogP contribution in [0.25, 0.3) is 0 Å². The van der Waals surface area contributed by atoms with E-state index in [0.29, 0.717) is 11.3 Å². The fourth-order valence-electron chi connectivity index (χ4n) is 2.57. The van der Waals surface area contributed by atoms with Gasteiger partial charge in [0.1, 0.15) is 5.75 Å². The lowest BCUT2D eigenvalue weighted by Gasteiger charge is -2.22. The van der Waals surface area contributed by atoms with E-state index in [-0.39, 0.29) is 5.91 Å². The maximum atomic E-state index is 12.7. The highest BCUT2D eigenvalue weighted by Gasteiger charge is 2.22. The summed E-state index contributed by atoms with van der Waals surface area (Å²) in [5.41, 5.74) is 2.80. The van der Waals surface area contributed by atoms with Crippen LogP contribution in [0, 0.1) is 13.8 Å². The Kier molecular flexibility index (Phi) is 4.43. The highest BCUT2D eigenvalue weighted by atomic mass is 16.5. The van der Waals surface area contributed by atoms with E-state index in [1.807, 2.05) is 30.9 Å². The molecule has 1 aliphatic rings. The van der Waals surface area contributed by atoms with Crippen LogP contribution in [0.5, 0.6) is 5.75 Å². The summed E-state index contributed by atoms with van der Waals surface area (Å²) >= 11 is 0. The molecule has 1 aliphatic heterocycles. The van der Waals surface area contributed by atoms with Crippen LogP contribution in [0.4, 0.5) is 0 Å². The van der Waals surface area contributed by atoms with Crippen LogP contribution in [0.15, 0.2) is 12.1 Å². The molecule has 0 bridgehead atoms. The predicted octanol–water partition coefficient (Wildman–Crippen LogP) is 1.75. The van der Waals surface area contributed by atoms with Gasteiger partial charge in [-0.3, -0.25) is 4.79 Å². The molecule has 0 spiro atoms. The quantitative estimate of drug-likeness (QED) is 0.883. The van der Waals surface area contributed by atoms with Gasteiger partial charge in [-0.05, 0) is 44.0 Å². The van der Waals surface area contributed by atoms with Crippen molar-refractivity contribution >= 4 is 5.91 Å². The number of aryl methyl sites for hydroxylation is 2. The number of methoxy groups -OCH3 is 1. The van der Waals surface area contributed by atoms with Crippen molar-refractivity contribution in [3.05, 3.63) is 28.8 Å². The average molecular weight is 262 g/mol. The first kappa shape index (κ1) is 13.9. The highest BCUT2D eigenvalue weighted by Crippen LogP contribution is 2.25.